The minimum Gasteiger partial charge on any atom is -0.378 e. The lowest BCUT2D eigenvalue weighted by Gasteiger charge is -2.33. The fourth-order valence-electron chi connectivity index (χ4n) is 5.15. The van der Waals surface area contributed by atoms with E-state index in [4.69, 9.17) is 0 Å². The van der Waals surface area contributed by atoms with Crippen molar-refractivity contribution in [3.63, 3.8) is 0 Å². The Labute approximate surface area is 238 Å². The SMILES string of the molecule is Cc1cccc(N(C(=O)Cn2nnc(-c3cccs3)n2)[C@H](C(=O)NC2CCCC2)c2ccc(N(C)C)cc2)c1C. The predicted octanol–water partition coefficient (Wildman–Crippen LogP) is 4.92. The number of rotatable bonds is 9. The Hall–Kier alpha value is -4.05. The van der Waals surface area contributed by atoms with Crippen LogP contribution >= 0.6 is 11.3 Å². The molecular formula is C30H35N7O2S. The van der Waals surface area contributed by atoms with Crippen LogP contribution in [0.5, 0.6) is 0 Å². The molecule has 1 fully saturated rings. The molecule has 1 saturated carbocycles. The van der Waals surface area contributed by atoms with Crippen LogP contribution in [0.25, 0.3) is 10.7 Å². The molecule has 0 saturated heterocycles. The van der Waals surface area contributed by atoms with Crippen molar-refractivity contribution < 1.29 is 9.59 Å². The first kappa shape index (κ1) is 27.5. The number of aromatic nitrogens is 4. The lowest BCUT2D eigenvalue weighted by Crippen LogP contribution is -2.47. The van der Waals surface area contributed by atoms with Crippen molar-refractivity contribution in [3.8, 4) is 10.7 Å². The zero-order chi connectivity index (χ0) is 28.2. The summed E-state index contributed by atoms with van der Waals surface area (Å²) in [5.74, 6) is -0.0208. The third kappa shape index (κ3) is 5.91. The molecule has 0 spiro atoms. The van der Waals surface area contributed by atoms with Crippen LogP contribution in [0.1, 0.15) is 48.4 Å². The van der Waals surface area contributed by atoms with Gasteiger partial charge in [-0.15, -0.1) is 21.5 Å². The number of carbonyl (C=O) groups is 2. The highest BCUT2D eigenvalue weighted by atomic mass is 32.1. The fraction of sp³-hybridized carbons (Fsp3) is 0.367. The van der Waals surface area contributed by atoms with Crippen LogP contribution in [0, 0.1) is 13.8 Å². The maximum Gasteiger partial charge on any atom is 0.251 e. The Morgan fingerprint density at radius 2 is 1.80 bits per heavy atom. The Balaban J connectivity index is 1.56. The summed E-state index contributed by atoms with van der Waals surface area (Å²) in [5.41, 5.74) is 4.40. The minimum absolute atomic E-state index is 0.108. The van der Waals surface area contributed by atoms with Gasteiger partial charge in [0.15, 0.2) is 0 Å². The van der Waals surface area contributed by atoms with Gasteiger partial charge in [-0.25, -0.2) is 0 Å². The zero-order valence-corrected chi connectivity index (χ0v) is 24.2. The van der Waals surface area contributed by atoms with E-state index in [-0.39, 0.29) is 24.4 Å². The van der Waals surface area contributed by atoms with E-state index in [1.165, 1.54) is 16.1 Å². The van der Waals surface area contributed by atoms with Crippen molar-refractivity contribution in [1.29, 1.82) is 0 Å². The van der Waals surface area contributed by atoms with Gasteiger partial charge >= 0.3 is 0 Å². The molecule has 40 heavy (non-hydrogen) atoms. The van der Waals surface area contributed by atoms with Crippen molar-refractivity contribution >= 4 is 34.5 Å². The number of tetrazole rings is 1. The largest absolute Gasteiger partial charge is 0.378 e. The van der Waals surface area contributed by atoms with Gasteiger partial charge in [0.1, 0.15) is 12.6 Å². The average Bonchev–Trinajstić information content (AvgIpc) is 3.72. The maximum absolute atomic E-state index is 14.2. The lowest BCUT2D eigenvalue weighted by molar-refractivity contribution is -0.127. The van der Waals surface area contributed by atoms with Gasteiger partial charge in [-0.2, -0.15) is 4.80 Å². The quantitative estimate of drug-likeness (QED) is 0.314. The molecule has 0 unspecified atom stereocenters. The normalized spacial score (nSPS) is 14.2. The van der Waals surface area contributed by atoms with E-state index in [2.05, 4.69) is 20.7 Å². The second kappa shape index (κ2) is 12.0. The van der Waals surface area contributed by atoms with Crippen LogP contribution < -0.4 is 15.1 Å². The van der Waals surface area contributed by atoms with Gasteiger partial charge < -0.3 is 10.2 Å². The lowest BCUT2D eigenvalue weighted by atomic mass is 9.99. The third-order valence-electron chi connectivity index (χ3n) is 7.51. The van der Waals surface area contributed by atoms with E-state index in [1.807, 2.05) is 92.8 Å². The molecule has 2 heterocycles. The summed E-state index contributed by atoms with van der Waals surface area (Å²) in [6.45, 7) is 3.83. The smallest absolute Gasteiger partial charge is 0.251 e. The molecule has 5 rings (SSSR count). The molecule has 1 N–H and O–H groups in total. The average molecular weight is 558 g/mol. The number of hydrogen-bond acceptors (Lipinski definition) is 7. The number of nitrogens with one attached hydrogen (secondary N) is 1. The van der Waals surface area contributed by atoms with E-state index >= 15 is 0 Å². The summed E-state index contributed by atoms with van der Waals surface area (Å²) in [6, 6.07) is 16.7. The summed E-state index contributed by atoms with van der Waals surface area (Å²) in [7, 11) is 3.95. The summed E-state index contributed by atoms with van der Waals surface area (Å²) < 4.78 is 0. The molecule has 10 heteroatoms. The maximum atomic E-state index is 14.2. The molecule has 2 aromatic heterocycles. The van der Waals surface area contributed by atoms with Gasteiger partial charge in [0.05, 0.1) is 4.88 Å². The molecule has 2 amide bonds. The number of thiophene rings is 1. The van der Waals surface area contributed by atoms with Gasteiger partial charge in [0, 0.05) is 31.5 Å². The van der Waals surface area contributed by atoms with Gasteiger partial charge in [0.2, 0.25) is 11.7 Å². The number of aryl methyl sites for hydroxylation is 1. The predicted molar refractivity (Wildman–Crippen MR) is 158 cm³/mol. The van der Waals surface area contributed by atoms with E-state index in [9.17, 15) is 9.59 Å². The van der Waals surface area contributed by atoms with Crippen molar-refractivity contribution in [1.82, 2.24) is 25.5 Å². The first-order valence-electron chi connectivity index (χ1n) is 13.6. The minimum atomic E-state index is -0.870. The highest BCUT2D eigenvalue weighted by molar-refractivity contribution is 7.13. The van der Waals surface area contributed by atoms with Gasteiger partial charge in [-0.05, 0) is 78.2 Å². The molecule has 1 aliphatic carbocycles. The monoisotopic (exact) mass is 557 g/mol. The van der Waals surface area contributed by atoms with Gasteiger partial charge in [-0.3, -0.25) is 14.5 Å². The number of hydrogen-bond donors (Lipinski definition) is 1. The Kier molecular flexibility index (Phi) is 8.25. The van der Waals surface area contributed by atoms with E-state index in [1.54, 1.807) is 4.90 Å². The van der Waals surface area contributed by atoms with Crippen molar-refractivity contribution in [3.05, 3.63) is 76.7 Å². The summed E-state index contributed by atoms with van der Waals surface area (Å²) in [4.78, 5) is 34.1. The van der Waals surface area contributed by atoms with Crippen molar-refractivity contribution in [2.24, 2.45) is 0 Å². The molecule has 1 atom stereocenters. The second-order valence-corrected chi connectivity index (χ2v) is 11.4. The molecular weight excluding hydrogens is 522 g/mol. The number of carbonyl (C=O) groups excluding carboxylic acids is 2. The van der Waals surface area contributed by atoms with Crippen LogP contribution in [0.15, 0.2) is 60.0 Å². The van der Waals surface area contributed by atoms with E-state index in [0.717, 1.165) is 52.9 Å². The van der Waals surface area contributed by atoms with Crippen LogP contribution in [-0.2, 0) is 16.1 Å². The first-order chi connectivity index (χ1) is 19.3. The molecule has 4 aromatic rings. The summed E-state index contributed by atoms with van der Waals surface area (Å²) in [5, 5.41) is 17.9. The Bertz CT molecular complexity index is 1460. The number of amides is 2. The topological polar surface area (TPSA) is 96.2 Å². The number of anilines is 2. The molecule has 0 radical (unpaired) electrons. The molecule has 0 bridgehead atoms. The van der Waals surface area contributed by atoms with E-state index < -0.39 is 6.04 Å². The van der Waals surface area contributed by atoms with Gasteiger partial charge in [0.25, 0.3) is 5.91 Å². The second-order valence-electron chi connectivity index (χ2n) is 10.5. The first-order valence-corrected chi connectivity index (χ1v) is 14.5. The van der Waals surface area contributed by atoms with Crippen LogP contribution in [0.2, 0.25) is 0 Å². The summed E-state index contributed by atoms with van der Waals surface area (Å²) >= 11 is 1.51. The highest BCUT2D eigenvalue weighted by Crippen LogP contribution is 2.33. The Morgan fingerprint density at radius 1 is 1.05 bits per heavy atom. The molecule has 1 aliphatic rings. The summed E-state index contributed by atoms with van der Waals surface area (Å²) in [6.07, 6.45) is 4.09. The third-order valence-corrected chi connectivity index (χ3v) is 8.37. The molecule has 2 aromatic carbocycles. The fourth-order valence-corrected chi connectivity index (χ4v) is 5.80. The zero-order valence-electron chi connectivity index (χ0n) is 23.4. The van der Waals surface area contributed by atoms with Gasteiger partial charge in [-0.1, -0.05) is 43.2 Å². The van der Waals surface area contributed by atoms with Crippen LogP contribution in [0.3, 0.4) is 0 Å². The standard InChI is InChI=1S/C30H35N7O2S/c1-20-9-7-12-25(21(20)2)37(27(38)19-36-33-29(32-34-36)26-13-8-18-40-26)28(30(39)31-23-10-5-6-11-23)22-14-16-24(17-15-22)35(3)4/h7-9,12-18,23,28H,5-6,10-11,19H2,1-4H3,(H,31,39)/t28-/m0/s1. The molecule has 9 nitrogen and oxygen atoms in total. The highest BCUT2D eigenvalue weighted by Gasteiger charge is 2.35. The van der Waals surface area contributed by atoms with Crippen molar-refractivity contribution in [2.45, 2.75) is 58.2 Å². The number of nitrogens with zero attached hydrogens (tertiary/aromatic N) is 6. The van der Waals surface area contributed by atoms with Crippen LogP contribution in [0.4, 0.5) is 11.4 Å². The molecule has 0 aliphatic heterocycles. The number of benzene rings is 2. The van der Waals surface area contributed by atoms with Crippen molar-refractivity contribution in [2.75, 3.05) is 23.9 Å². The Morgan fingerprint density at radius 3 is 2.48 bits per heavy atom. The van der Waals surface area contributed by atoms with E-state index in [0.29, 0.717) is 11.5 Å². The van der Waals surface area contributed by atoms with Crippen LogP contribution in [-0.4, -0.2) is 52.2 Å². The molecule has 208 valence electrons.